The number of rotatable bonds is 6. The van der Waals surface area contributed by atoms with Crippen molar-refractivity contribution >= 4 is 44.0 Å². The molecule has 30 heavy (non-hydrogen) atoms. The molecular weight excluding hydrogens is 446 g/mol. The number of nitrogens with zero attached hydrogens (tertiary/aromatic N) is 4. The molecule has 1 aliphatic rings. The SMILES string of the molecule is [C-]#[N+]c1ccc2c(N3CC[C@@H](CO)C3)nnc(NCc3ccc(OC)c(Br)c3)c2c1. The highest BCUT2D eigenvalue weighted by Gasteiger charge is 2.25. The third-order valence-corrected chi connectivity index (χ3v) is 6.01. The molecule has 0 saturated carbocycles. The van der Waals surface area contributed by atoms with E-state index in [1.54, 1.807) is 7.11 Å². The van der Waals surface area contributed by atoms with E-state index in [-0.39, 0.29) is 12.5 Å². The monoisotopic (exact) mass is 467 g/mol. The van der Waals surface area contributed by atoms with Gasteiger partial charge in [0.05, 0.1) is 18.2 Å². The highest BCUT2D eigenvalue weighted by Crippen LogP contribution is 2.34. The van der Waals surface area contributed by atoms with Crippen LogP contribution in [0, 0.1) is 12.5 Å². The van der Waals surface area contributed by atoms with E-state index < -0.39 is 0 Å². The number of nitrogens with one attached hydrogen (secondary N) is 1. The van der Waals surface area contributed by atoms with E-state index in [0.717, 1.165) is 51.9 Å². The topological polar surface area (TPSA) is 74.9 Å². The summed E-state index contributed by atoms with van der Waals surface area (Å²) in [4.78, 5) is 5.74. The molecule has 0 unspecified atom stereocenters. The van der Waals surface area contributed by atoms with Crippen LogP contribution in [-0.4, -0.2) is 42.1 Å². The number of aliphatic hydroxyl groups excluding tert-OH is 1. The Balaban J connectivity index is 1.65. The zero-order valence-electron chi connectivity index (χ0n) is 16.6. The van der Waals surface area contributed by atoms with Crippen molar-refractivity contribution < 1.29 is 9.84 Å². The average Bonchev–Trinajstić information content (AvgIpc) is 3.26. The summed E-state index contributed by atoms with van der Waals surface area (Å²) < 4.78 is 6.17. The molecule has 0 spiro atoms. The van der Waals surface area contributed by atoms with Crippen molar-refractivity contribution in [2.24, 2.45) is 5.92 Å². The molecular formula is C22H22BrN5O2. The molecule has 0 amide bonds. The number of methoxy groups -OCH3 is 1. The fourth-order valence-corrected chi connectivity index (χ4v) is 4.33. The Hall–Kier alpha value is -2.89. The van der Waals surface area contributed by atoms with Crippen LogP contribution in [0.15, 0.2) is 40.9 Å². The molecule has 2 N–H and O–H groups in total. The highest BCUT2D eigenvalue weighted by molar-refractivity contribution is 9.10. The van der Waals surface area contributed by atoms with Crippen molar-refractivity contribution in [1.29, 1.82) is 0 Å². The molecule has 2 aromatic carbocycles. The Kier molecular flexibility index (Phi) is 6.02. The number of aliphatic hydroxyl groups is 1. The number of ether oxygens (including phenoxy) is 1. The summed E-state index contributed by atoms with van der Waals surface area (Å²) in [7, 11) is 1.64. The van der Waals surface area contributed by atoms with Crippen LogP contribution in [0.4, 0.5) is 17.3 Å². The summed E-state index contributed by atoms with van der Waals surface area (Å²) in [5.74, 6) is 2.48. The van der Waals surface area contributed by atoms with Gasteiger partial charge in [0.1, 0.15) is 5.75 Å². The molecule has 4 rings (SSSR count). The summed E-state index contributed by atoms with van der Waals surface area (Å²) in [5.41, 5.74) is 1.62. The second kappa shape index (κ2) is 8.86. The van der Waals surface area contributed by atoms with Crippen LogP contribution in [0.3, 0.4) is 0 Å². The van der Waals surface area contributed by atoms with Crippen LogP contribution in [0.25, 0.3) is 15.6 Å². The maximum Gasteiger partial charge on any atom is 0.188 e. The molecule has 0 radical (unpaired) electrons. The summed E-state index contributed by atoms with van der Waals surface area (Å²) in [6, 6.07) is 11.5. The lowest BCUT2D eigenvalue weighted by molar-refractivity contribution is 0.238. The molecule has 1 saturated heterocycles. The summed E-state index contributed by atoms with van der Waals surface area (Å²) in [6.45, 7) is 9.72. The quantitative estimate of drug-likeness (QED) is 0.523. The van der Waals surface area contributed by atoms with Gasteiger partial charge in [0, 0.05) is 42.9 Å². The molecule has 1 aromatic heterocycles. The van der Waals surface area contributed by atoms with Crippen molar-refractivity contribution in [1.82, 2.24) is 10.2 Å². The molecule has 154 valence electrons. The van der Waals surface area contributed by atoms with Gasteiger partial charge in [0.15, 0.2) is 17.3 Å². The number of hydrogen-bond acceptors (Lipinski definition) is 6. The van der Waals surface area contributed by atoms with Gasteiger partial charge in [0.2, 0.25) is 0 Å². The molecule has 1 aliphatic heterocycles. The summed E-state index contributed by atoms with van der Waals surface area (Å²) >= 11 is 3.51. The predicted octanol–water partition coefficient (Wildman–Crippen LogP) is 4.38. The van der Waals surface area contributed by atoms with Crippen LogP contribution in [0.2, 0.25) is 0 Å². The first kappa shape index (κ1) is 20.4. The maximum absolute atomic E-state index is 9.47. The number of aromatic nitrogens is 2. The minimum Gasteiger partial charge on any atom is -0.496 e. The first-order valence-corrected chi connectivity index (χ1v) is 10.5. The van der Waals surface area contributed by atoms with Crippen LogP contribution in [0.5, 0.6) is 5.75 Å². The van der Waals surface area contributed by atoms with Gasteiger partial charge in [-0.1, -0.05) is 18.2 Å². The van der Waals surface area contributed by atoms with E-state index in [4.69, 9.17) is 11.3 Å². The maximum atomic E-state index is 9.47. The molecule has 0 aliphatic carbocycles. The van der Waals surface area contributed by atoms with Crippen molar-refractivity contribution in [3.8, 4) is 5.75 Å². The van der Waals surface area contributed by atoms with Gasteiger partial charge in [-0.15, -0.1) is 10.2 Å². The Morgan fingerprint density at radius 1 is 1.27 bits per heavy atom. The first-order chi connectivity index (χ1) is 14.6. The van der Waals surface area contributed by atoms with E-state index in [0.29, 0.717) is 18.1 Å². The van der Waals surface area contributed by atoms with Gasteiger partial charge in [-0.25, -0.2) is 4.85 Å². The lowest BCUT2D eigenvalue weighted by Gasteiger charge is -2.20. The smallest absolute Gasteiger partial charge is 0.188 e. The van der Waals surface area contributed by atoms with Crippen molar-refractivity contribution in [2.45, 2.75) is 13.0 Å². The van der Waals surface area contributed by atoms with E-state index in [1.165, 1.54) is 0 Å². The van der Waals surface area contributed by atoms with Crippen molar-refractivity contribution in [2.75, 3.05) is 37.0 Å². The zero-order chi connectivity index (χ0) is 21.1. The molecule has 3 aromatic rings. The third kappa shape index (κ3) is 4.04. The van der Waals surface area contributed by atoms with E-state index in [2.05, 4.69) is 41.2 Å². The molecule has 7 nitrogen and oxygen atoms in total. The Bertz CT molecular complexity index is 1110. The zero-order valence-corrected chi connectivity index (χ0v) is 18.2. The van der Waals surface area contributed by atoms with E-state index in [9.17, 15) is 5.11 Å². The molecule has 8 heteroatoms. The van der Waals surface area contributed by atoms with Crippen LogP contribution in [-0.2, 0) is 6.54 Å². The van der Waals surface area contributed by atoms with Gasteiger partial charge in [0.25, 0.3) is 0 Å². The number of anilines is 2. The second-order valence-electron chi connectivity index (χ2n) is 7.32. The lowest BCUT2D eigenvalue weighted by Crippen LogP contribution is -2.22. The van der Waals surface area contributed by atoms with Gasteiger partial charge in [-0.2, -0.15) is 0 Å². The minimum absolute atomic E-state index is 0.181. The largest absolute Gasteiger partial charge is 0.496 e. The fraction of sp³-hybridized carbons (Fsp3) is 0.318. The van der Waals surface area contributed by atoms with E-state index in [1.807, 2.05) is 36.4 Å². The number of hydrogen-bond donors (Lipinski definition) is 2. The van der Waals surface area contributed by atoms with Gasteiger partial charge >= 0.3 is 0 Å². The number of fused-ring (bicyclic) bond motifs is 1. The van der Waals surface area contributed by atoms with Gasteiger partial charge < -0.3 is 20.1 Å². The molecule has 2 heterocycles. The van der Waals surface area contributed by atoms with Crippen molar-refractivity contribution in [3.63, 3.8) is 0 Å². The predicted molar refractivity (Wildman–Crippen MR) is 121 cm³/mol. The fourth-order valence-electron chi connectivity index (χ4n) is 3.74. The van der Waals surface area contributed by atoms with Crippen LogP contribution >= 0.6 is 15.9 Å². The average molecular weight is 468 g/mol. The second-order valence-corrected chi connectivity index (χ2v) is 8.17. The molecule has 1 atom stereocenters. The minimum atomic E-state index is 0.181. The van der Waals surface area contributed by atoms with Crippen molar-refractivity contribution in [3.05, 3.63) is 57.9 Å². The highest BCUT2D eigenvalue weighted by atomic mass is 79.9. The Morgan fingerprint density at radius 2 is 2.13 bits per heavy atom. The van der Waals surface area contributed by atoms with E-state index >= 15 is 0 Å². The van der Waals surface area contributed by atoms with Gasteiger partial charge in [-0.05, 0) is 46.1 Å². The number of halogens is 1. The van der Waals surface area contributed by atoms with Crippen LogP contribution in [0.1, 0.15) is 12.0 Å². The van der Waals surface area contributed by atoms with Gasteiger partial charge in [-0.3, -0.25) is 0 Å². The summed E-state index contributed by atoms with van der Waals surface area (Å²) in [6.07, 6.45) is 0.937. The van der Waals surface area contributed by atoms with Crippen LogP contribution < -0.4 is 15.0 Å². The Labute approximate surface area is 183 Å². The first-order valence-electron chi connectivity index (χ1n) is 9.73. The number of benzene rings is 2. The summed E-state index contributed by atoms with van der Waals surface area (Å²) in [5, 5.41) is 23.6. The molecule has 1 fully saturated rings. The standard InChI is InChI=1S/C22H22BrN5O2/c1-24-16-4-5-17-18(10-16)21(25-11-14-3-6-20(30-2)19(23)9-14)26-27-22(17)28-8-7-15(12-28)13-29/h3-6,9-10,15,29H,7-8,11-13H2,2H3,(H,25,26)/t15-/m1/s1. The normalized spacial score (nSPS) is 15.9. The third-order valence-electron chi connectivity index (χ3n) is 5.39. The Morgan fingerprint density at radius 3 is 2.83 bits per heavy atom. The lowest BCUT2D eigenvalue weighted by atomic mass is 10.1. The molecule has 0 bridgehead atoms.